The van der Waals surface area contributed by atoms with E-state index in [1.165, 1.54) is 32.1 Å². The molecule has 17 heavy (non-hydrogen) atoms. The highest BCUT2D eigenvalue weighted by Gasteiger charge is 2.19. The molecule has 3 heteroatoms. The van der Waals surface area contributed by atoms with Crippen LogP contribution in [0.15, 0.2) is 0 Å². The summed E-state index contributed by atoms with van der Waals surface area (Å²) in [5.74, 6) is 0.886. The summed E-state index contributed by atoms with van der Waals surface area (Å²) in [5, 5.41) is 4.52. The van der Waals surface area contributed by atoms with Gasteiger partial charge in [0.1, 0.15) is 0 Å². The monoisotopic (exact) mass is 234 g/mol. The zero-order valence-corrected chi connectivity index (χ0v) is 11.1. The van der Waals surface area contributed by atoms with E-state index >= 15 is 0 Å². The summed E-state index contributed by atoms with van der Waals surface area (Å²) in [7, 11) is 0. The van der Waals surface area contributed by atoms with Crippen LogP contribution in [-0.2, 0) is 6.54 Å². The minimum absolute atomic E-state index is 0.134. The molecule has 0 radical (unpaired) electrons. The average Bonchev–Trinajstić information content (AvgIpc) is 2.55. The van der Waals surface area contributed by atoms with Gasteiger partial charge >= 0.3 is 0 Å². The summed E-state index contributed by atoms with van der Waals surface area (Å²) < 4.78 is 2.04. The second-order valence-corrected chi connectivity index (χ2v) is 5.29. The lowest BCUT2D eigenvalue weighted by atomic mass is 9.89. The number of aromatic nitrogens is 2. The van der Waals surface area contributed by atoms with E-state index < -0.39 is 0 Å². The molecule has 1 saturated carbocycles. The smallest absolute Gasteiger partial charge is 0.163 e. The number of ketones is 1. The van der Waals surface area contributed by atoms with Crippen LogP contribution >= 0.6 is 0 Å². The third-order valence-corrected chi connectivity index (χ3v) is 3.89. The fraction of sp³-hybridized carbons (Fsp3) is 0.714. The minimum atomic E-state index is 0.134. The van der Waals surface area contributed by atoms with E-state index in [4.69, 9.17) is 0 Å². The van der Waals surface area contributed by atoms with Crippen molar-refractivity contribution < 1.29 is 4.79 Å². The Kier molecular flexibility index (Phi) is 3.65. The molecule has 1 aromatic heterocycles. The van der Waals surface area contributed by atoms with E-state index in [9.17, 15) is 4.79 Å². The van der Waals surface area contributed by atoms with Gasteiger partial charge in [0.05, 0.1) is 11.3 Å². The average molecular weight is 234 g/mol. The first-order chi connectivity index (χ1) is 8.09. The van der Waals surface area contributed by atoms with Gasteiger partial charge in [-0.3, -0.25) is 9.48 Å². The molecule has 0 aliphatic heterocycles. The maximum absolute atomic E-state index is 11.5. The fourth-order valence-corrected chi connectivity index (χ4v) is 3.00. The molecule has 1 fully saturated rings. The number of aryl methyl sites for hydroxylation is 1. The van der Waals surface area contributed by atoms with Gasteiger partial charge in [-0.25, -0.2) is 0 Å². The van der Waals surface area contributed by atoms with Crippen LogP contribution in [0.3, 0.4) is 0 Å². The third-order valence-electron chi connectivity index (χ3n) is 3.89. The van der Waals surface area contributed by atoms with Gasteiger partial charge in [0.2, 0.25) is 0 Å². The molecular weight excluding hydrogens is 212 g/mol. The number of rotatable bonds is 3. The number of carbonyl (C=O) groups is 1. The molecule has 0 aromatic carbocycles. The van der Waals surface area contributed by atoms with Gasteiger partial charge in [0, 0.05) is 12.2 Å². The van der Waals surface area contributed by atoms with Crippen molar-refractivity contribution in [3.63, 3.8) is 0 Å². The maximum atomic E-state index is 11.5. The molecule has 0 amide bonds. The first-order valence-electron chi connectivity index (χ1n) is 6.64. The zero-order valence-electron chi connectivity index (χ0n) is 11.1. The van der Waals surface area contributed by atoms with Crippen LogP contribution in [0, 0.1) is 19.8 Å². The van der Waals surface area contributed by atoms with E-state index in [1.54, 1.807) is 6.92 Å². The Morgan fingerprint density at radius 3 is 2.47 bits per heavy atom. The first kappa shape index (κ1) is 12.3. The molecule has 1 aliphatic rings. The van der Waals surface area contributed by atoms with Crippen LogP contribution in [0.25, 0.3) is 0 Å². The van der Waals surface area contributed by atoms with Crippen molar-refractivity contribution >= 4 is 5.78 Å². The Bertz CT molecular complexity index is 414. The van der Waals surface area contributed by atoms with Gasteiger partial charge in [-0.15, -0.1) is 0 Å². The Morgan fingerprint density at radius 2 is 1.94 bits per heavy atom. The molecule has 0 spiro atoms. The summed E-state index contributed by atoms with van der Waals surface area (Å²) in [4.78, 5) is 11.5. The standard InChI is InChI=1S/C14H22N2O/c1-10-14(12(3)17)11(2)16(15-10)9-13-7-5-4-6-8-13/h13H,4-9H2,1-3H3. The maximum Gasteiger partial charge on any atom is 0.163 e. The molecule has 1 aliphatic carbocycles. The quantitative estimate of drug-likeness (QED) is 0.752. The second-order valence-electron chi connectivity index (χ2n) is 5.29. The number of hydrogen-bond acceptors (Lipinski definition) is 2. The number of Topliss-reactive ketones (excluding diaryl/α,β-unsaturated/α-hetero) is 1. The lowest BCUT2D eigenvalue weighted by molar-refractivity contribution is 0.101. The molecule has 3 nitrogen and oxygen atoms in total. The van der Waals surface area contributed by atoms with Crippen LogP contribution in [0.4, 0.5) is 0 Å². The first-order valence-corrected chi connectivity index (χ1v) is 6.64. The van der Waals surface area contributed by atoms with Crippen LogP contribution < -0.4 is 0 Å². The summed E-state index contributed by atoms with van der Waals surface area (Å²) in [6.07, 6.45) is 6.71. The Morgan fingerprint density at radius 1 is 1.29 bits per heavy atom. The van der Waals surface area contributed by atoms with E-state index in [1.807, 2.05) is 18.5 Å². The zero-order chi connectivity index (χ0) is 12.4. The highest BCUT2D eigenvalue weighted by Crippen LogP contribution is 2.26. The summed E-state index contributed by atoms with van der Waals surface area (Å²) >= 11 is 0. The highest BCUT2D eigenvalue weighted by molar-refractivity contribution is 5.96. The van der Waals surface area contributed by atoms with Crippen LogP contribution in [0.5, 0.6) is 0 Å². The van der Waals surface area contributed by atoms with Gasteiger partial charge in [-0.05, 0) is 39.5 Å². The van der Waals surface area contributed by atoms with E-state index in [-0.39, 0.29) is 5.78 Å². The van der Waals surface area contributed by atoms with Crippen molar-refractivity contribution in [1.29, 1.82) is 0 Å². The predicted octanol–water partition coefficient (Wildman–Crippen LogP) is 3.28. The highest BCUT2D eigenvalue weighted by atomic mass is 16.1. The van der Waals surface area contributed by atoms with E-state index in [2.05, 4.69) is 5.10 Å². The molecule has 2 rings (SSSR count). The van der Waals surface area contributed by atoms with Gasteiger partial charge in [0.15, 0.2) is 5.78 Å². The van der Waals surface area contributed by atoms with E-state index in [0.717, 1.165) is 29.4 Å². The van der Waals surface area contributed by atoms with Crippen molar-refractivity contribution in [2.45, 2.75) is 59.4 Å². The van der Waals surface area contributed by atoms with Gasteiger partial charge in [-0.2, -0.15) is 5.10 Å². The third kappa shape index (κ3) is 2.59. The number of carbonyl (C=O) groups excluding carboxylic acids is 1. The van der Waals surface area contributed by atoms with Crippen molar-refractivity contribution in [1.82, 2.24) is 9.78 Å². The second kappa shape index (κ2) is 5.03. The lowest BCUT2D eigenvalue weighted by Gasteiger charge is -2.21. The molecule has 1 aromatic rings. The Hall–Kier alpha value is -1.12. The summed E-state index contributed by atoms with van der Waals surface area (Å²) in [6, 6.07) is 0. The van der Waals surface area contributed by atoms with Crippen LogP contribution in [-0.4, -0.2) is 15.6 Å². The normalized spacial score (nSPS) is 17.4. The van der Waals surface area contributed by atoms with E-state index in [0.29, 0.717) is 0 Å². The number of nitrogens with zero attached hydrogens (tertiary/aromatic N) is 2. The molecule has 0 N–H and O–H groups in total. The fourth-order valence-electron chi connectivity index (χ4n) is 3.00. The van der Waals surface area contributed by atoms with Gasteiger partial charge in [-0.1, -0.05) is 19.3 Å². The molecule has 0 saturated heterocycles. The van der Waals surface area contributed by atoms with Crippen LogP contribution in [0.2, 0.25) is 0 Å². The van der Waals surface area contributed by atoms with Crippen molar-refractivity contribution in [3.8, 4) is 0 Å². The number of hydrogen-bond donors (Lipinski definition) is 0. The molecule has 94 valence electrons. The molecule has 1 heterocycles. The SMILES string of the molecule is CC(=O)c1c(C)nn(CC2CCCCC2)c1C. The topological polar surface area (TPSA) is 34.9 Å². The predicted molar refractivity (Wildman–Crippen MR) is 68.3 cm³/mol. The van der Waals surface area contributed by atoms with Crippen LogP contribution in [0.1, 0.15) is 60.8 Å². The Balaban J connectivity index is 2.15. The summed E-state index contributed by atoms with van der Waals surface area (Å²) in [6.45, 7) is 6.56. The van der Waals surface area contributed by atoms with Crippen molar-refractivity contribution in [2.75, 3.05) is 0 Å². The van der Waals surface area contributed by atoms with Gasteiger partial charge < -0.3 is 0 Å². The lowest BCUT2D eigenvalue weighted by Crippen LogP contribution is -2.16. The molecule has 0 unspecified atom stereocenters. The molecule has 0 atom stereocenters. The molecular formula is C14H22N2O. The summed E-state index contributed by atoms with van der Waals surface area (Å²) in [5.41, 5.74) is 2.74. The Labute approximate surface area is 103 Å². The van der Waals surface area contributed by atoms with Crippen molar-refractivity contribution in [3.05, 3.63) is 17.0 Å². The largest absolute Gasteiger partial charge is 0.294 e. The minimum Gasteiger partial charge on any atom is -0.294 e. The molecule has 0 bridgehead atoms. The van der Waals surface area contributed by atoms with Gasteiger partial charge in [0.25, 0.3) is 0 Å². The van der Waals surface area contributed by atoms with Crippen molar-refractivity contribution in [2.24, 2.45) is 5.92 Å².